The number of nitrogens with zero attached hydrogens (tertiary/aromatic N) is 1. The molecule has 0 aliphatic carbocycles. The van der Waals surface area contributed by atoms with Gasteiger partial charge in [0, 0.05) is 0 Å². The van der Waals surface area contributed by atoms with Crippen molar-refractivity contribution < 1.29 is 0 Å². The fourth-order valence-electron chi connectivity index (χ4n) is 3.20. The molecule has 4 heteroatoms. The molecule has 0 saturated carbocycles. The molecule has 0 aliphatic rings. The zero-order valence-corrected chi connectivity index (χ0v) is 17.3. The third-order valence-corrected chi connectivity index (χ3v) is 7.01. The fraction of sp³-hybridized carbons (Fsp3) is 0.409. The van der Waals surface area contributed by atoms with Gasteiger partial charge in [0.25, 0.3) is 0 Å². The van der Waals surface area contributed by atoms with E-state index >= 15 is 0 Å². The van der Waals surface area contributed by atoms with Gasteiger partial charge in [-0.1, -0.05) is 13.3 Å². The first kappa shape index (κ1) is 19.2. The topological polar surface area (TPSA) is 34.0 Å². The summed E-state index contributed by atoms with van der Waals surface area (Å²) in [6.07, 6.45) is 7.95. The van der Waals surface area contributed by atoms with E-state index in [-0.39, 0.29) is 20.3 Å². The quantitative estimate of drug-likeness (QED) is 0.391. The van der Waals surface area contributed by atoms with Crippen LogP contribution in [-0.4, -0.2) is 24.8 Å². The fourth-order valence-corrected chi connectivity index (χ4v) is 5.28. The zero-order valence-electron chi connectivity index (χ0n) is 15.5. The van der Waals surface area contributed by atoms with Gasteiger partial charge in [-0.25, -0.2) is 0 Å². The zero-order chi connectivity index (χ0) is 18.2. The maximum atomic E-state index is 12.6. The van der Waals surface area contributed by atoms with Crippen LogP contribution in [0.5, 0.6) is 0 Å². The molecule has 0 bridgehead atoms. The Hall–Kier alpha value is -1.61. The number of nitrogens with one attached hydrogen (secondary N) is 1. The van der Waals surface area contributed by atoms with Gasteiger partial charge in [0.1, 0.15) is 0 Å². The van der Waals surface area contributed by atoms with Crippen molar-refractivity contribution in [1.29, 1.82) is 0 Å². The molecule has 1 N–H and O–H groups in total. The van der Waals surface area contributed by atoms with Crippen LogP contribution in [0.3, 0.4) is 0 Å². The summed E-state index contributed by atoms with van der Waals surface area (Å²) in [7, 11) is 0. The SMILES string of the molecule is CCCCCCCCNCc1cccc(-n2[se]c3ccccc3c2=O)c1. The molecule has 3 nitrogen and oxygen atoms in total. The Kier molecular flexibility index (Phi) is 7.31. The summed E-state index contributed by atoms with van der Waals surface area (Å²) in [5.74, 6) is 0. The van der Waals surface area contributed by atoms with Crippen molar-refractivity contribution in [2.45, 2.75) is 52.0 Å². The van der Waals surface area contributed by atoms with Crippen molar-refractivity contribution in [2.75, 3.05) is 6.54 Å². The molecule has 26 heavy (non-hydrogen) atoms. The van der Waals surface area contributed by atoms with Gasteiger partial charge in [0.2, 0.25) is 0 Å². The van der Waals surface area contributed by atoms with Crippen molar-refractivity contribution in [3.8, 4) is 5.69 Å². The third kappa shape index (κ3) is 4.97. The monoisotopic (exact) mass is 416 g/mol. The van der Waals surface area contributed by atoms with Crippen molar-refractivity contribution in [3.63, 3.8) is 0 Å². The normalized spacial score (nSPS) is 11.3. The molecule has 0 fully saturated rings. The standard InChI is InChI=1S/C22H28N2OSe/c1-2-3-4-5-6-9-15-23-17-18-11-10-12-19(16-18)24-22(25)20-13-7-8-14-21(20)26-24/h7-8,10-14,16,23H,2-6,9,15,17H2,1H3. The summed E-state index contributed by atoms with van der Waals surface area (Å²) in [6.45, 7) is 4.18. The van der Waals surface area contributed by atoms with Crippen molar-refractivity contribution >= 4 is 24.4 Å². The minimum atomic E-state index is 0.0399. The van der Waals surface area contributed by atoms with Crippen LogP contribution in [0.1, 0.15) is 51.0 Å². The van der Waals surface area contributed by atoms with Crippen LogP contribution in [0.4, 0.5) is 0 Å². The van der Waals surface area contributed by atoms with E-state index in [1.54, 1.807) is 0 Å². The molecule has 0 atom stereocenters. The van der Waals surface area contributed by atoms with Gasteiger partial charge in [-0.3, -0.25) is 0 Å². The third-order valence-electron chi connectivity index (χ3n) is 4.67. The molecule has 3 rings (SSSR count). The Morgan fingerprint density at radius 3 is 2.62 bits per heavy atom. The second kappa shape index (κ2) is 9.91. The summed E-state index contributed by atoms with van der Waals surface area (Å²) in [5.41, 5.74) is 2.40. The van der Waals surface area contributed by atoms with Crippen LogP contribution >= 0.6 is 0 Å². The average molecular weight is 415 g/mol. The Bertz CT molecular complexity index is 881. The summed E-state index contributed by atoms with van der Waals surface area (Å²) < 4.78 is 3.12. The van der Waals surface area contributed by atoms with E-state index in [0.29, 0.717) is 0 Å². The Balaban J connectivity index is 1.56. The maximum absolute atomic E-state index is 12.6. The Morgan fingerprint density at radius 1 is 0.962 bits per heavy atom. The molecule has 1 heterocycles. The molecule has 2 aromatic carbocycles. The molecule has 0 spiro atoms. The predicted octanol–water partition coefficient (Wildman–Crippen LogP) is 4.50. The van der Waals surface area contributed by atoms with Crippen molar-refractivity contribution in [3.05, 3.63) is 64.4 Å². The molecule has 138 valence electrons. The number of aromatic nitrogens is 1. The number of unbranched alkanes of at least 4 members (excludes halogenated alkanes) is 5. The summed E-state index contributed by atoms with van der Waals surface area (Å²) in [4.78, 5) is 12.6. The first-order valence-corrected chi connectivity index (χ1v) is 11.3. The van der Waals surface area contributed by atoms with Crippen LogP contribution in [0.15, 0.2) is 53.3 Å². The number of fused-ring (bicyclic) bond motifs is 1. The molecule has 0 unspecified atom stereocenters. The molecule has 0 radical (unpaired) electrons. The minimum absolute atomic E-state index is 0.0399. The second-order valence-electron chi connectivity index (χ2n) is 6.80. The van der Waals surface area contributed by atoms with Crippen LogP contribution in [-0.2, 0) is 6.54 Å². The molecule has 0 saturated heterocycles. The molecule has 1 aromatic heterocycles. The van der Waals surface area contributed by atoms with Gasteiger partial charge in [0.15, 0.2) is 0 Å². The predicted molar refractivity (Wildman–Crippen MR) is 112 cm³/mol. The van der Waals surface area contributed by atoms with E-state index in [0.717, 1.165) is 24.2 Å². The Morgan fingerprint density at radius 2 is 1.77 bits per heavy atom. The number of rotatable bonds is 10. The molecule has 0 aliphatic heterocycles. The number of hydrogen-bond acceptors (Lipinski definition) is 2. The van der Waals surface area contributed by atoms with E-state index < -0.39 is 0 Å². The van der Waals surface area contributed by atoms with Crippen LogP contribution in [0.2, 0.25) is 0 Å². The van der Waals surface area contributed by atoms with Gasteiger partial charge < -0.3 is 0 Å². The molecular weight excluding hydrogens is 387 g/mol. The molecule has 0 amide bonds. The van der Waals surface area contributed by atoms with Crippen molar-refractivity contribution in [1.82, 2.24) is 8.88 Å². The number of benzene rings is 2. The van der Waals surface area contributed by atoms with Gasteiger partial charge in [-0.05, 0) is 0 Å². The van der Waals surface area contributed by atoms with Crippen LogP contribution in [0, 0.1) is 0 Å². The van der Waals surface area contributed by atoms with Gasteiger partial charge >= 0.3 is 149 Å². The molecule has 3 aromatic rings. The van der Waals surface area contributed by atoms with E-state index in [1.807, 2.05) is 27.8 Å². The summed E-state index contributed by atoms with van der Waals surface area (Å²) >= 11 is 0.0399. The van der Waals surface area contributed by atoms with Crippen LogP contribution in [0.25, 0.3) is 15.3 Å². The first-order chi connectivity index (χ1) is 12.8. The summed E-state index contributed by atoms with van der Waals surface area (Å²) in [6, 6.07) is 16.4. The number of hydrogen-bond donors (Lipinski definition) is 1. The Labute approximate surface area is 162 Å². The van der Waals surface area contributed by atoms with E-state index in [2.05, 4.69) is 36.5 Å². The first-order valence-electron chi connectivity index (χ1n) is 9.70. The van der Waals surface area contributed by atoms with E-state index in [1.165, 1.54) is 48.3 Å². The van der Waals surface area contributed by atoms with E-state index in [9.17, 15) is 4.79 Å². The second-order valence-corrected chi connectivity index (χ2v) is 8.87. The molecular formula is C22H28N2OSe. The van der Waals surface area contributed by atoms with Crippen molar-refractivity contribution in [2.24, 2.45) is 0 Å². The van der Waals surface area contributed by atoms with Gasteiger partial charge in [-0.2, -0.15) is 0 Å². The summed E-state index contributed by atoms with van der Waals surface area (Å²) in [5, 5.41) is 4.40. The average Bonchev–Trinajstić information content (AvgIpc) is 3.01. The van der Waals surface area contributed by atoms with Gasteiger partial charge in [-0.15, -0.1) is 0 Å². The van der Waals surface area contributed by atoms with E-state index in [4.69, 9.17) is 0 Å². The van der Waals surface area contributed by atoms with Crippen LogP contribution < -0.4 is 10.9 Å². The van der Waals surface area contributed by atoms with Gasteiger partial charge in [0.05, 0.1) is 0 Å².